The maximum absolute atomic E-state index is 12.0. The molecular formula is C14H15BrN6O. The highest BCUT2D eigenvalue weighted by molar-refractivity contribution is 9.10. The van der Waals surface area contributed by atoms with E-state index in [4.69, 9.17) is 0 Å². The van der Waals surface area contributed by atoms with Crippen molar-refractivity contribution in [3.05, 3.63) is 41.3 Å². The summed E-state index contributed by atoms with van der Waals surface area (Å²) < 4.78 is 4.58. The van der Waals surface area contributed by atoms with Crippen molar-refractivity contribution in [2.45, 2.75) is 19.5 Å². The molecule has 2 aromatic heterocycles. The standard InChI is InChI=1S/C14H15BrN6O/c1-10(21-9-17-18-19-21)14(22)16-5-7-20-6-4-11-2-3-12(15)8-13(11)20/h2-4,6,8-10H,5,7H2,1H3,(H,16,22). The van der Waals surface area contributed by atoms with Gasteiger partial charge in [0.25, 0.3) is 0 Å². The molecular weight excluding hydrogens is 348 g/mol. The third kappa shape index (κ3) is 3.01. The molecule has 114 valence electrons. The number of aromatic nitrogens is 5. The maximum atomic E-state index is 12.0. The van der Waals surface area contributed by atoms with Crippen molar-refractivity contribution in [2.75, 3.05) is 6.54 Å². The number of carbonyl (C=O) groups is 1. The highest BCUT2D eigenvalue weighted by Crippen LogP contribution is 2.20. The van der Waals surface area contributed by atoms with E-state index in [0.29, 0.717) is 13.1 Å². The molecule has 3 aromatic rings. The molecule has 0 saturated heterocycles. The molecule has 2 heterocycles. The van der Waals surface area contributed by atoms with Gasteiger partial charge < -0.3 is 9.88 Å². The molecule has 1 amide bonds. The molecule has 1 N–H and O–H groups in total. The van der Waals surface area contributed by atoms with E-state index >= 15 is 0 Å². The number of fused-ring (bicyclic) bond motifs is 1. The van der Waals surface area contributed by atoms with Gasteiger partial charge in [-0.05, 0) is 40.9 Å². The number of nitrogens with one attached hydrogen (secondary N) is 1. The first kappa shape index (κ1) is 14.7. The molecule has 0 aliphatic rings. The van der Waals surface area contributed by atoms with Crippen LogP contribution in [0, 0.1) is 0 Å². The van der Waals surface area contributed by atoms with Crippen molar-refractivity contribution < 1.29 is 4.79 Å². The van der Waals surface area contributed by atoms with Gasteiger partial charge in [-0.3, -0.25) is 4.79 Å². The minimum absolute atomic E-state index is 0.107. The van der Waals surface area contributed by atoms with Crippen LogP contribution in [0.4, 0.5) is 0 Å². The number of halogens is 1. The van der Waals surface area contributed by atoms with Crippen LogP contribution in [0.15, 0.2) is 41.3 Å². The summed E-state index contributed by atoms with van der Waals surface area (Å²) in [6.45, 7) is 3.00. The summed E-state index contributed by atoms with van der Waals surface area (Å²) in [6.07, 6.45) is 3.45. The molecule has 1 aromatic carbocycles. The van der Waals surface area contributed by atoms with Crippen LogP contribution in [-0.4, -0.2) is 37.2 Å². The number of amides is 1. The summed E-state index contributed by atoms with van der Waals surface area (Å²) in [5, 5.41) is 14.9. The Morgan fingerprint density at radius 2 is 2.27 bits per heavy atom. The molecule has 1 unspecified atom stereocenters. The van der Waals surface area contributed by atoms with E-state index in [0.717, 1.165) is 9.99 Å². The number of benzene rings is 1. The molecule has 0 saturated carbocycles. The van der Waals surface area contributed by atoms with Crippen LogP contribution in [-0.2, 0) is 11.3 Å². The Labute approximate surface area is 135 Å². The number of tetrazole rings is 1. The van der Waals surface area contributed by atoms with Crippen LogP contribution in [0.5, 0.6) is 0 Å². The zero-order valence-corrected chi connectivity index (χ0v) is 13.6. The molecule has 0 radical (unpaired) electrons. The molecule has 0 aliphatic carbocycles. The molecule has 1 atom stereocenters. The first-order chi connectivity index (χ1) is 10.6. The summed E-state index contributed by atoms with van der Waals surface area (Å²) in [7, 11) is 0. The fraction of sp³-hybridized carbons (Fsp3) is 0.286. The van der Waals surface area contributed by atoms with Crippen LogP contribution in [0.1, 0.15) is 13.0 Å². The summed E-state index contributed by atoms with van der Waals surface area (Å²) >= 11 is 3.48. The molecule has 7 nitrogen and oxygen atoms in total. The Hall–Kier alpha value is -2.22. The van der Waals surface area contributed by atoms with E-state index in [9.17, 15) is 4.79 Å². The van der Waals surface area contributed by atoms with Gasteiger partial charge in [0, 0.05) is 29.3 Å². The Morgan fingerprint density at radius 1 is 1.41 bits per heavy atom. The highest BCUT2D eigenvalue weighted by atomic mass is 79.9. The van der Waals surface area contributed by atoms with Gasteiger partial charge in [-0.2, -0.15) is 0 Å². The lowest BCUT2D eigenvalue weighted by Gasteiger charge is -2.12. The van der Waals surface area contributed by atoms with Gasteiger partial charge in [-0.15, -0.1) is 5.10 Å². The Kier molecular flexibility index (Phi) is 4.19. The molecule has 3 rings (SSSR count). The van der Waals surface area contributed by atoms with E-state index in [1.54, 1.807) is 6.92 Å². The molecule has 22 heavy (non-hydrogen) atoms. The number of rotatable bonds is 5. The third-order valence-electron chi connectivity index (χ3n) is 3.53. The molecule has 0 spiro atoms. The lowest BCUT2D eigenvalue weighted by Crippen LogP contribution is -2.33. The lowest BCUT2D eigenvalue weighted by molar-refractivity contribution is -0.124. The second-order valence-electron chi connectivity index (χ2n) is 4.97. The molecule has 0 fully saturated rings. The second kappa shape index (κ2) is 6.27. The molecule has 8 heteroatoms. The Morgan fingerprint density at radius 3 is 3.05 bits per heavy atom. The number of hydrogen-bond donors (Lipinski definition) is 1. The fourth-order valence-electron chi connectivity index (χ4n) is 2.27. The van der Waals surface area contributed by atoms with E-state index in [1.165, 1.54) is 16.4 Å². The summed E-state index contributed by atoms with van der Waals surface area (Å²) in [6, 6.07) is 7.79. The van der Waals surface area contributed by atoms with Gasteiger partial charge in [-0.25, -0.2) is 4.68 Å². The van der Waals surface area contributed by atoms with Crippen LogP contribution in [0.2, 0.25) is 0 Å². The largest absolute Gasteiger partial charge is 0.352 e. The minimum atomic E-state index is -0.425. The highest BCUT2D eigenvalue weighted by Gasteiger charge is 2.15. The van der Waals surface area contributed by atoms with Crippen LogP contribution >= 0.6 is 15.9 Å². The average molecular weight is 363 g/mol. The fourth-order valence-corrected chi connectivity index (χ4v) is 2.61. The average Bonchev–Trinajstić information content (AvgIpc) is 3.16. The lowest BCUT2D eigenvalue weighted by atomic mass is 10.2. The van der Waals surface area contributed by atoms with Gasteiger partial charge in [-0.1, -0.05) is 22.0 Å². The monoisotopic (exact) mass is 362 g/mol. The molecule has 0 bridgehead atoms. The zero-order chi connectivity index (χ0) is 15.5. The van der Waals surface area contributed by atoms with E-state index in [1.807, 2.05) is 12.3 Å². The minimum Gasteiger partial charge on any atom is -0.352 e. The van der Waals surface area contributed by atoms with E-state index < -0.39 is 6.04 Å². The van der Waals surface area contributed by atoms with Gasteiger partial charge in [0.15, 0.2) is 0 Å². The third-order valence-corrected chi connectivity index (χ3v) is 4.02. The quantitative estimate of drug-likeness (QED) is 0.750. The smallest absolute Gasteiger partial charge is 0.244 e. The van der Waals surface area contributed by atoms with Gasteiger partial charge in [0.2, 0.25) is 5.91 Å². The van der Waals surface area contributed by atoms with E-state index in [2.05, 4.69) is 59.5 Å². The number of nitrogens with zero attached hydrogens (tertiary/aromatic N) is 5. The van der Waals surface area contributed by atoms with Crippen molar-refractivity contribution in [1.82, 2.24) is 30.1 Å². The van der Waals surface area contributed by atoms with Crippen molar-refractivity contribution in [2.24, 2.45) is 0 Å². The molecule has 0 aliphatic heterocycles. The predicted molar refractivity (Wildman–Crippen MR) is 85.2 cm³/mol. The van der Waals surface area contributed by atoms with Gasteiger partial charge >= 0.3 is 0 Å². The van der Waals surface area contributed by atoms with Crippen molar-refractivity contribution in [3.8, 4) is 0 Å². The normalized spacial score (nSPS) is 12.5. The van der Waals surface area contributed by atoms with Crippen molar-refractivity contribution >= 4 is 32.7 Å². The maximum Gasteiger partial charge on any atom is 0.244 e. The first-order valence-corrected chi connectivity index (χ1v) is 7.69. The summed E-state index contributed by atoms with van der Waals surface area (Å²) in [4.78, 5) is 12.0. The summed E-state index contributed by atoms with van der Waals surface area (Å²) in [5.74, 6) is -0.107. The Bertz CT molecular complexity index is 782. The zero-order valence-electron chi connectivity index (χ0n) is 12.0. The van der Waals surface area contributed by atoms with Crippen LogP contribution < -0.4 is 5.32 Å². The van der Waals surface area contributed by atoms with Crippen molar-refractivity contribution in [1.29, 1.82) is 0 Å². The first-order valence-electron chi connectivity index (χ1n) is 6.90. The van der Waals surface area contributed by atoms with Crippen LogP contribution in [0.3, 0.4) is 0 Å². The Balaban J connectivity index is 1.60. The number of carbonyl (C=O) groups excluding carboxylic acids is 1. The van der Waals surface area contributed by atoms with E-state index in [-0.39, 0.29) is 5.91 Å². The summed E-state index contributed by atoms with van der Waals surface area (Å²) in [5.41, 5.74) is 1.14. The SMILES string of the molecule is CC(C(=O)NCCn1ccc2ccc(Br)cc21)n1cnnn1. The van der Waals surface area contributed by atoms with Crippen molar-refractivity contribution in [3.63, 3.8) is 0 Å². The second-order valence-corrected chi connectivity index (χ2v) is 5.88. The topological polar surface area (TPSA) is 77.6 Å². The number of hydrogen-bond acceptors (Lipinski definition) is 4. The van der Waals surface area contributed by atoms with Gasteiger partial charge in [0.05, 0.1) is 0 Å². The van der Waals surface area contributed by atoms with Gasteiger partial charge in [0.1, 0.15) is 12.4 Å². The van der Waals surface area contributed by atoms with Crippen LogP contribution in [0.25, 0.3) is 10.9 Å². The predicted octanol–water partition coefficient (Wildman–Crippen LogP) is 1.77.